The van der Waals surface area contributed by atoms with Crippen LogP contribution in [0, 0.1) is 0 Å². The minimum Gasteiger partial charge on any atom is -0.468 e. The van der Waals surface area contributed by atoms with E-state index in [-0.39, 0.29) is 36.0 Å². The summed E-state index contributed by atoms with van der Waals surface area (Å²) in [5.74, 6) is 0.224. The number of imide groups is 1. The molecule has 1 fully saturated rings. The van der Waals surface area contributed by atoms with E-state index in [2.05, 4.69) is 0 Å². The molecule has 0 aromatic heterocycles. The van der Waals surface area contributed by atoms with E-state index in [0.29, 0.717) is 16.9 Å². The molecule has 0 aliphatic carbocycles. The summed E-state index contributed by atoms with van der Waals surface area (Å²) in [5.41, 5.74) is 0.344. The third kappa shape index (κ3) is 3.80. The number of carbonyl (C=O) groups is 3. The lowest BCUT2D eigenvalue weighted by molar-refractivity contribution is -0.137. The second-order valence-corrected chi connectivity index (χ2v) is 8.38. The summed E-state index contributed by atoms with van der Waals surface area (Å²) < 4.78 is 12.0. The number of thioether (sulfide) groups is 1. The number of hydrogen-bond acceptors (Lipinski definition) is 6. The Labute approximate surface area is 178 Å². The summed E-state index contributed by atoms with van der Waals surface area (Å²) in [6.45, 7) is 4.01. The number of benzene rings is 2. The summed E-state index contributed by atoms with van der Waals surface area (Å²) in [6, 6.07) is 16.2. The van der Waals surface area contributed by atoms with E-state index in [9.17, 15) is 14.4 Å². The predicted octanol–water partition coefficient (Wildman–Crippen LogP) is 3.67. The Morgan fingerprint density at radius 1 is 1.07 bits per heavy atom. The second kappa shape index (κ2) is 8.12. The summed E-state index contributed by atoms with van der Waals surface area (Å²) in [4.78, 5) is 40.3. The molecule has 0 saturated carbocycles. The zero-order chi connectivity index (χ0) is 21.3. The molecule has 2 heterocycles. The summed E-state index contributed by atoms with van der Waals surface area (Å²) in [7, 11) is 0. The first-order valence-corrected chi connectivity index (χ1v) is 10.6. The van der Waals surface area contributed by atoms with Crippen molar-refractivity contribution in [3.8, 4) is 5.75 Å². The lowest BCUT2D eigenvalue weighted by atomic mass is 10.1. The molecule has 0 N–H and O–H groups in total. The van der Waals surface area contributed by atoms with Gasteiger partial charge in [0.1, 0.15) is 5.75 Å². The number of nitrogens with zero attached hydrogens (tertiary/aromatic N) is 2. The highest BCUT2D eigenvalue weighted by Crippen LogP contribution is 2.34. The Bertz CT molecular complexity index is 963. The van der Waals surface area contributed by atoms with Gasteiger partial charge in [-0.3, -0.25) is 19.3 Å². The van der Waals surface area contributed by atoms with E-state index in [1.54, 1.807) is 23.1 Å². The average Bonchev–Trinajstić information content (AvgIpc) is 3.06. The smallest absolute Gasteiger partial charge is 0.291 e. The summed E-state index contributed by atoms with van der Waals surface area (Å²) in [5, 5.41) is -0.333. The van der Waals surface area contributed by atoms with E-state index in [1.165, 1.54) is 0 Å². The quantitative estimate of drug-likeness (QED) is 0.702. The molecule has 2 aliphatic rings. The molecular formula is C22H22N2O5S. The molecule has 0 radical (unpaired) electrons. The highest BCUT2D eigenvalue weighted by molar-refractivity contribution is 8.14. The lowest BCUT2D eigenvalue weighted by Gasteiger charge is -2.43. The molecule has 0 bridgehead atoms. The summed E-state index contributed by atoms with van der Waals surface area (Å²) >= 11 is 0.963. The number of fused-ring (bicyclic) bond motifs is 1. The van der Waals surface area contributed by atoms with Crippen molar-refractivity contribution in [3.05, 3.63) is 65.7 Å². The molecule has 1 saturated heterocycles. The molecule has 2 aromatic rings. The van der Waals surface area contributed by atoms with Crippen LogP contribution in [0.1, 0.15) is 36.0 Å². The Kier molecular flexibility index (Phi) is 5.53. The zero-order valence-electron chi connectivity index (χ0n) is 16.7. The van der Waals surface area contributed by atoms with Crippen LogP contribution in [-0.2, 0) is 9.53 Å². The highest BCUT2D eigenvalue weighted by Gasteiger charge is 2.41. The minimum absolute atomic E-state index is 0.105. The van der Waals surface area contributed by atoms with Crippen LogP contribution in [0.4, 0.5) is 4.79 Å². The van der Waals surface area contributed by atoms with Crippen LogP contribution < -0.4 is 4.74 Å². The van der Waals surface area contributed by atoms with Crippen molar-refractivity contribution in [2.75, 3.05) is 18.9 Å². The maximum Gasteiger partial charge on any atom is 0.291 e. The number of ether oxygens (including phenoxy) is 2. The maximum absolute atomic E-state index is 13.0. The van der Waals surface area contributed by atoms with Crippen LogP contribution in [0.3, 0.4) is 0 Å². The Balaban J connectivity index is 1.51. The number of hydrogen-bond donors (Lipinski definition) is 0. The van der Waals surface area contributed by atoms with Gasteiger partial charge in [0.25, 0.3) is 11.1 Å². The van der Waals surface area contributed by atoms with Crippen LogP contribution in [-0.4, -0.2) is 51.5 Å². The van der Waals surface area contributed by atoms with Gasteiger partial charge in [-0.05, 0) is 26.0 Å². The molecule has 30 heavy (non-hydrogen) atoms. The van der Waals surface area contributed by atoms with Crippen molar-refractivity contribution in [1.82, 2.24) is 9.80 Å². The van der Waals surface area contributed by atoms with Gasteiger partial charge >= 0.3 is 0 Å². The van der Waals surface area contributed by atoms with Crippen molar-refractivity contribution in [2.24, 2.45) is 0 Å². The van der Waals surface area contributed by atoms with Crippen molar-refractivity contribution in [2.45, 2.75) is 25.8 Å². The van der Waals surface area contributed by atoms with Crippen LogP contribution in [0.5, 0.6) is 5.75 Å². The van der Waals surface area contributed by atoms with Gasteiger partial charge in [-0.2, -0.15) is 0 Å². The third-order valence-corrected chi connectivity index (χ3v) is 5.90. The van der Waals surface area contributed by atoms with E-state index >= 15 is 0 Å². The molecule has 2 aromatic carbocycles. The second-order valence-electron chi connectivity index (χ2n) is 7.45. The van der Waals surface area contributed by atoms with Crippen LogP contribution in [0.2, 0.25) is 0 Å². The number of amides is 3. The number of carbonyl (C=O) groups excluding carboxylic acids is 3. The van der Waals surface area contributed by atoms with Gasteiger partial charge in [-0.25, -0.2) is 4.90 Å². The molecule has 1 atom stereocenters. The molecule has 7 nitrogen and oxygen atoms in total. The first kappa shape index (κ1) is 20.4. The number of para-hydroxylation sites is 1. The van der Waals surface area contributed by atoms with Gasteiger partial charge in [0.2, 0.25) is 5.91 Å². The molecule has 3 amide bonds. The molecule has 156 valence electrons. The van der Waals surface area contributed by atoms with Gasteiger partial charge in [0, 0.05) is 12.1 Å². The molecular weight excluding hydrogens is 404 g/mol. The first-order valence-electron chi connectivity index (χ1n) is 9.64. The first-order chi connectivity index (χ1) is 14.4. The molecule has 8 heteroatoms. The monoisotopic (exact) mass is 426 g/mol. The van der Waals surface area contributed by atoms with Gasteiger partial charge in [0.05, 0.1) is 17.9 Å². The van der Waals surface area contributed by atoms with Crippen LogP contribution in [0.25, 0.3) is 0 Å². The van der Waals surface area contributed by atoms with Gasteiger partial charge < -0.3 is 9.47 Å². The average molecular weight is 426 g/mol. The van der Waals surface area contributed by atoms with E-state index in [4.69, 9.17) is 9.47 Å². The topological polar surface area (TPSA) is 76.2 Å². The minimum atomic E-state index is -0.855. The fourth-order valence-electron chi connectivity index (χ4n) is 3.60. The van der Waals surface area contributed by atoms with E-state index < -0.39 is 12.0 Å². The maximum atomic E-state index is 13.0. The van der Waals surface area contributed by atoms with Gasteiger partial charge in [-0.1, -0.05) is 54.2 Å². The fourth-order valence-corrected chi connectivity index (χ4v) is 4.32. The van der Waals surface area contributed by atoms with Gasteiger partial charge in [-0.15, -0.1) is 0 Å². The summed E-state index contributed by atoms with van der Waals surface area (Å²) in [6.07, 6.45) is -0.836. The Morgan fingerprint density at radius 3 is 2.47 bits per heavy atom. The van der Waals surface area contributed by atoms with E-state index in [1.807, 2.05) is 50.2 Å². The fraction of sp³-hybridized carbons (Fsp3) is 0.318. The van der Waals surface area contributed by atoms with Crippen molar-refractivity contribution in [1.29, 1.82) is 0 Å². The Morgan fingerprint density at radius 2 is 1.77 bits per heavy atom. The molecule has 2 aliphatic heterocycles. The largest absolute Gasteiger partial charge is 0.468 e. The predicted molar refractivity (Wildman–Crippen MR) is 112 cm³/mol. The van der Waals surface area contributed by atoms with Crippen molar-refractivity contribution in [3.63, 3.8) is 0 Å². The standard InChI is InChI=1S/C22H22N2O5S/c1-22(2)23(19(26)16-10-6-7-11-17(16)29-22)12-13-28-20(15-8-4-3-5-9-15)24-18(25)14-30-21(24)27/h3-11,20H,12-14H2,1-2H3. The van der Waals surface area contributed by atoms with Gasteiger partial charge in [0.15, 0.2) is 12.0 Å². The zero-order valence-corrected chi connectivity index (χ0v) is 17.6. The number of rotatable bonds is 6. The van der Waals surface area contributed by atoms with Crippen molar-refractivity contribution >= 4 is 28.8 Å². The highest BCUT2D eigenvalue weighted by atomic mass is 32.2. The van der Waals surface area contributed by atoms with Crippen LogP contribution >= 0.6 is 11.8 Å². The third-order valence-electron chi connectivity index (χ3n) is 5.07. The van der Waals surface area contributed by atoms with Crippen LogP contribution in [0.15, 0.2) is 54.6 Å². The Hall–Kier alpha value is -2.84. The normalized spacial score (nSPS) is 18.9. The van der Waals surface area contributed by atoms with Crippen molar-refractivity contribution < 1.29 is 23.9 Å². The SMILES string of the molecule is CC1(C)Oc2ccccc2C(=O)N1CCOC(c1ccccc1)N1C(=O)CSC1=O. The lowest BCUT2D eigenvalue weighted by Crippen LogP contribution is -2.55. The molecule has 4 rings (SSSR count). The molecule has 0 spiro atoms. The molecule has 1 unspecified atom stereocenters. The van der Waals surface area contributed by atoms with E-state index in [0.717, 1.165) is 16.7 Å².